The lowest BCUT2D eigenvalue weighted by Gasteiger charge is -2.15. The summed E-state index contributed by atoms with van der Waals surface area (Å²) in [6.07, 6.45) is 1.01. The van der Waals surface area contributed by atoms with Gasteiger partial charge in [-0.15, -0.1) is 12.4 Å². The van der Waals surface area contributed by atoms with Crippen molar-refractivity contribution >= 4 is 18.3 Å². The predicted molar refractivity (Wildman–Crippen MR) is 77.1 cm³/mol. The van der Waals surface area contributed by atoms with E-state index in [4.69, 9.17) is 10.5 Å². The van der Waals surface area contributed by atoms with Crippen LogP contribution in [0.15, 0.2) is 30.3 Å². The molecule has 1 fully saturated rings. The molecule has 2 rings (SSSR count). The van der Waals surface area contributed by atoms with Crippen molar-refractivity contribution in [2.75, 3.05) is 26.2 Å². The monoisotopic (exact) mass is 284 g/mol. The van der Waals surface area contributed by atoms with Gasteiger partial charge < -0.3 is 15.4 Å². The molecule has 1 aromatic carbocycles. The molecule has 0 spiro atoms. The number of benzene rings is 1. The molecule has 1 unspecified atom stereocenters. The molecule has 5 heteroatoms. The van der Waals surface area contributed by atoms with Crippen LogP contribution in [0.25, 0.3) is 0 Å². The van der Waals surface area contributed by atoms with Crippen molar-refractivity contribution in [3.63, 3.8) is 0 Å². The third kappa shape index (κ3) is 4.82. The van der Waals surface area contributed by atoms with Gasteiger partial charge in [0.05, 0.1) is 19.8 Å². The second-order valence-electron chi connectivity index (χ2n) is 4.70. The van der Waals surface area contributed by atoms with Crippen LogP contribution < -0.4 is 5.73 Å². The molecule has 1 amide bonds. The quantitative estimate of drug-likeness (QED) is 0.890. The number of rotatable bonds is 5. The molecule has 2 N–H and O–H groups in total. The lowest BCUT2D eigenvalue weighted by molar-refractivity contribution is -0.128. The first kappa shape index (κ1) is 16.0. The number of carbonyl (C=O) groups excluding carboxylic acids is 1. The van der Waals surface area contributed by atoms with Crippen LogP contribution in [-0.2, 0) is 16.1 Å². The van der Waals surface area contributed by atoms with Crippen molar-refractivity contribution in [2.24, 2.45) is 11.7 Å². The number of amides is 1. The van der Waals surface area contributed by atoms with Gasteiger partial charge in [-0.05, 0) is 12.0 Å². The van der Waals surface area contributed by atoms with E-state index in [-0.39, 0.29) is 24.9 Å². The fraction of sp³-hybridized carbons (Fsp3) is 0.500. The lowest BCUT2D eigenvalue weighted by atomic mass is 10.1. The van der Waals surface area contributed by atoms with Crippen molar-refractivity contribution in [3.8, 4) is 0 Å². The molecule has 106 valence electrons. The number of likely N-dealkylation sites (tertiary alicyclic amines) is 1. The van der Waals surface area contributed by atoms with E-state index in [1.54, 1.807) is 0 Å². The Morgan fingerprint density at radius 2 is 2.11 bits per heavy atom. The highest BCUT2D eigenvalue weighted by Crippen LogP contribution is 2.17. The number of hydrogen-bond acceptors (Lipinski definition) is 3. The highest BCUT2D eigenvalue weighted by atomic mass is 35.5. The van der Waals surface area contributed by atoms with Gasteiger partial charge in [0.25, 0.3) is 0 Å². The van der Waals surface area contributed by atoms with E-state index in [9.17, 15) is 4.79 Å². The molecule has 0 radical (unpaired) electrons. The third-order valence-electron chi connectivity index (χ3n) is 3.28. The summed E-state index contributed by atoms with van der Waals surface area (Å²) in [6, 6.07) is 10.1. The number of halogens is 1. The van der Waals surface area contributed by atoms with Crippen LogP contribution in [0.2, 0.25) is 0 Å². The Hall–Kier alpha value is -1.10. The summed E-state index contributed by atoms with van der Waals surface area (Å²) < 4.78 is 5.70. The second-order valence-corrected chi connectivity index (χ2v) is 4.70. The minimum atomic E-state index is 0. The normalized spacial score (nSPS) is 18.2. The standard InChI is InChI=1S/C14H20N2O2.ClH/c15-8-14(17)16-7-6-13(9-16)11-18-10-12-4-2-1-3-5-12;/h1-5,13H,6-11,15H2;1H. The summed E-state index contributed by atoms with van der Waals surface area (Å²) in [5.74, 6) is 0.491. The number of carbonyl (C=O) groups is 1. The molecule has 0 aliphatic carbocycles. The zero-order valence-electron chi connectivity index (χ0n) is 11.0. The van der Waals surface area contributed by atoms with Gasteiger partial charge in [0, 0.05) is 19.0 Å². The summed E-state index contributed by atoms with van der Waals surface area (Å²) in [5.41, 5.74) is 6.54. The zero-order chi connectivity index (χ0) is 12.8. The van der Waals surface area contributed by atoms with E-state index < -0.39 is 0 Å². The summed E-state index contributed by atoms with van der Waals surface area (Å²) in [7, 11) is 0. The number of ether oxygens (including phenoxy) is 1. The fourth-order valence-corrected chi connectivity index (χ4v) is 2.24. The number of nitrogens with zero attached hydrogens (tertiary/aromatic N) is 1. The first-order chi connectivity index (χ1) is 8.79. The molecule has 1 heterocycles. The predicted octanol–water partition coefficient (Wildman–Crippen LogP) is 1.43. The topological polar surface area (TPSA) is 55.6 Å². The van der Waals surface area contributed by atoms with Gasteiger partial charge in [-0.1, -0.05) is 30.3 Å². The van der Waals surface area contributed by atoms with E-state index in [1.807, 2.05) is 23.1 Å². The van der Waals surface area contributed by atoms with E-state index in [1.165, 1.54) is 5.56 Å². The van der Waals surface area contributed by atoms with Gasteiger partial charge in [0.1, 0.15) is 0 Å². The van der Waals surface area contributed by atoms with Crippen molar-refractivity contribution in [2.45, 2.75) is 13.0 Å². The maximum Gasteiger partial charge on any atom is 0.236 e. The first-order valence-electron chi connectivity index (χ1n) is 6.39. The molecule has 1 atom stereocenters. The minimum absolute atomic E-state index is 0. The van der Waals surface area contributed by atoms with Gasteiger partial charge >= 0.3 is 0 Å². The Kier molecular flexibility index (Phi) is 6.84. The van der Waals surface area contributed by atoms with Crippen molar-refractivity contribution in [1.82, 2.24) is 4.90 Å². The Morgan fingerprint density at radius 3 is 2.79 bits per heavy atom. The summed E-state index contributed by atoms with van der Waals surface area (Å²) in [5, 5.41) is 0. The molecule has 0 saturated carbocycles. The molecule has 1 aromatic rings. The average molecular weight is 285 g/mol. The zero-order valence-corrected chi connectivity index (χ0v) is 11.8. The fourth-order valence-electron chi connectivity index (χ4n) is 2.24. The molecule has 19 heavy (non-hydrogen) atoms. The molecule has 1 aliphatic rings. The Bertz CT molecular complexity index is 386. The average Bonchev–Trinajstić information content (AvgIpc) is 2.88. The van der Waals surface area contributed by atoms with Crippen molar-refractivity contribution < 1.29 is 9.53 Å². The van der Waals surface area contributed by atoms with Gasteiger partial charge in [0.15, 0.2) is 0 Å². The van der Waals surface area contributed by atoms with Crippen molar-refractivity contribution in [1.29, 1.82) is 0 Å². The smallest absolute Gasteiger partial charge is 0.236 e. The highest BCUT2D eigenvalue weighted by Gasteiger charge is 2.25. The number of nitrogens with two attached hydrogens (primary N) is 1. The Morgan fingerprint density at radius 1 is 1.37 bits per heavy atom. The highest BCUT2D eigenvalue weighted by molar-refractivity contribution is 5.85. The van der Waals surface area contributed by atoms with Crippen LogP contribution in [0.3, 0.4) is 0 Å². The molecular weight excluding hydrogens is 264 g/mol. The maximum absolute atomic E-state index is 11.4. The lowest BCUT2D eigenvalue weighted by Crippen LogP contribution is -2.34. The summed E-state index contributed by atoms with van der Waals surface area (Å²) in [4.78, 5) is 13.2. The summed E-state index contributed by atoms with van der Waals surface area (Å²) in [6.45, 7) is 3.06. The van der Waals surface area contributed by atoms with Crippen LogP contribution in [0.1, 0.15) is 12.0 Å². The third-order valence-corrected chi connectivity index (χ3v) is 3.28. The molecule has 0 bridgehead atoms. The van der Waals surface area contributed by atoms with Crippen LogP contribution in [-0.4, -0.2) is 37.0 Å². The molecule has 1 aliphatic heterocycles. The molecule has 0 aromatic heterocycles. The molecule has 4 nitrogen and oxygen atoms in total. The van der Waals surface area contributed by atoms with E-state index in [0.29, 0.717) is 19.1 Å². The van der Waals surface area contributed by atoms with E-state index in [0.717, 1.165) is 19.5 Å². The molecule has 1 saturated heterocycles. The van der Waals surface area contributed by atoms with Crippen LogP contribution in [0.5, 0.6) is 0 Å². The van der Waals surface area contributed by atoms with Crippen LogP contribution in [0, 0.1) is 5.92 Å². The number of hydrogen-bond donors (Lipinski definition) is 1. The second kappa shape index (κ2) is 8.15. The Balaban J connectivity index is 0.00000180. The van der Waals surface area contributed by atoms with Gasteiger partial charge in [-0.25, -0.2) is 0 Å². The Labute approximate surface area is 120 Å². The first-order valence-corrected chi connectivity index (χ1v) is 6.39. The maximum atomic E-state index is 11.4. The van der Waals surface area contributed by atoms with E-state index in [2.05, 4.69) is 12.1 Å². The van der Waals surface area contributed by atoms with Gasteiger partial charge in [-0.2, -0.15) is 0 Å². The van der Waals surface area contributed by atoms with E-state index >= 15 is 0 Å². The molecular formula is C14H21ClN2O2. The van der Waals surface area contributed by atoms with Gasteiger partial charge in [0.2, 0.25) is 5.91 Å². The van der Waals surface area contributed by atoms with Gasteiger partial charge in [-0.3, -0.25) is 4.79 Å². The largest absolute Gasteiger partial charge is 0.376 e. The SMILES string of the molecule is Cl.NCC(=O)N1CCC(COCc2ccccc2)C1. The van der Waals surface area contributed by atoms with Crippen molar-refractivity contribution in [3.05, 3.63) is 35.9 Å². The van der Waals surface area contributed by atoms with Crippen LogP contribution >= 0.6 is 12.4 Å². The van der Waals surface area contributed by atoms with Crippen LogP contribution in [0.4, 0.5) is 0 Å². The summed E-state index contributed by atoms with van der Waals surface area (Å²) >= 11 is 0. The minimum Gasteiger partial charge on any atom is -0.376 e.